The zero-order chi connectivity index (χ0) is 19.2. The van der Waals surface area contributed by atoms with Gasteiger partial charge >= 0.3 is 6.03 Å². The molecule has 0 unspecified atom stereocenters. The Balaban J connectivity index is 1.51. The van der Waals surface area contributed by atoms with E-state index in [0.717, 1.165) is 5.56 Å². The number of urea groups is 1. The van der Waals surface area contributed by atoms with Gasteiger partial charge in [-0.25, -0.2) is 9.78 Å². The number of likely N-dealkylation sites (N-methyl/N-ethyl adjacent to an activating group) is 2. The highest BCUT2D eigenvalue weighted by Gasteiger charge is 2.55. The molecule has 8 nitrogen and oxygen atoms in total. The third-order valence-corrected chi connectivity index (χ3v) is 5.68. The molecule has 27 heavy (non-hydrogen) atoms. The molecule has 2 aromatic rings. The smallest absolute Gasteiger partial charge is 0.327 e. The van der Waals surface area contributed by atoms with Gasteiger partial charge in [-0.1, -0.05) is 12.1 Å². The second-order valence-electron chi connectivity index (χ2n) is 7.05. The van der Waals surface area contributed by atoms with E-state index < -0.39 is 5.54 Å². The van der Waals surface area contributed by atoms with E-state index in [4.69, 9.17) is 0 Å². The minimum Gasteiger partial charge on any atom is -0.345 e. The molecule has 0 radical (unpaired) electrons. The minimum absolute atomic E-state index is 0.0777. The number of nitrogens with one attached hydrogen (secondary N) is 1. The first-order valence-corrected chi connectivity index (χ1v) is 8.89. The molecule has 1 aromatic carbocycles. The van der Waals surface area contributed by atoms with E-state index in [9.17, 15) is 14.4 Å². The summed E-state index contributed by atoms with van der Waals surface area (Å²) in [6.07, 6.45) is 4.30. The summed E-state index contributed by atoms with van der Waals surface area (Å²) < 4.78 is 0. The Morgan fingerprint density at radius 1 is 1.19 bits per heavy atom. The number of carbonyl (C=O) groups excluding carboxylic acids is 3. The highest BCUT2D eigenvalue weighted by molar-refractivity contribution is 6.07. The summed E-state index contributed by atoms with van der Waals surface area (Å²) in [4.78, 5) is 49.3. The van der Waals surface area contributed by atoms with Gasteiger partial charge in [0, 0.05) is 50.7 Å². The predicted molar refractivity (Wildman–Crippen MR) is 97.8 cm³/mol. The minimum atomic E-state index is -0.821. The standard InChI is InChI=1S/C19H21N5O3/c1-22-17(26)19(23(2)18(22)27)6-10-24(11-7-19)16(25)14-5-3-4-13(12-14)15-20-8-9-21-15/h3-5,8-9,12H,6-7,10-11H2,1-2H3,(H,20,21). The average molecular weight is 367 g/mol. The lowest BCUT2D eigenvalue weighted by Crippen LogP contribution is -2.56. The van der Waals surface area contributed by atoms with Crippen molar-refractivity contribution < 1.29 is 14.4 Å². The van der Waals surface area contributed by atoms with E-state index in [1.54, 1.807) is 30.4 Å². The SMILES string of the molecule is CN1C(=O)N(C)C2(CCN(C(=O)c3cccc(-c4ncc[nH]4)c3)CC2)C1=O. The lowest BCUT2D eigenvalue weighted by atomic mass is 9.86. The molecule has 1 aromatic heterocycles. The summed E-state index contributed by atoms with van der Waals surface area (Å²) >= 11 is 0. The van der Waals surface area contributed by atoms with Crippen molar-refractivity contribution in [3.63, 3.8) is 0 Å². The molecule has 0 atom stereocenters. The summed E-state index contributed by atoms with van der Waals surface area (Å²) in [5.41, 5.74) is 0.606. The number of carbonyl (C=O) groups is 3. The average Bonchev–Trinajstić information content (AvgIpc) is 3.30. The summed E-state index contributed by atoms with van der Waals surface area (Å²) in [5.74, 6) is 0.454. The Morgan fingerprint density at radius 2 is 1.93 bits per heavy atom. The normalized spacial score (nSPS) is 19.3. The molecule has 3 heterocycles. The molecule has 8 heteroatoms. The molecule has 4 rings (SSSR count). The third kappa shape index (κ3) is 2.59. The number of rotatable bonds is 2. The zero-order valence-corrected chi connectivity index (χ0v) is 15.3. The number of H-pyrrole nitrogens is 1. The van der Waals surface area contributed by atoms with Crippen LogP contribution in [0.5, 0.6) is 0 Å². The number of nitrogens with zero attached hydrogens (tertiary/aromatic N) is 4. The maximum Gasteiger partial charge on any atom is 0.327 e. The number of hydrogen-bond donors (Lipinski definition) is 1. The van der Waals surface area contributed by atoms with E-state index in [2.05, 4.69) is 9.97 Å². The number of benzene rings is 1. The van der Waals surface area contributed by atoms with Gasteiger partial charge in [0.2, 0.25) is 0 Å². The van der Waals surface area contributed by atoms with Crippen molar-refractivity contribution in [2.75, 3.05) is 27.2 Å². The summed E-state index contributed by atoms with van der Waals surface area (Å²) in [7, 11) is 3.17. The Hall–Kier alpha value is -3.16. The lowest BCUT2D eigenvalue weighted by molar-refractivity contribution is -0.134. The zero-order valence-electron chi connectivity index (χ0n) is 15.3. The van der Waals surface area contributed by atoms with Crippen LogP contribution in [0.2, 0.25) is 0 Å². The monoisotopic (exact) mass is 367 g/mol. The van der Waals surface area contributed by atoms with Crippen LogP contribution in [0, 0.1) is 0 Å². The highest BCUT2D eigenvalue weighted by atomic mass is 16.2. The van der Waals surface area contributed by atoms with Gasteiger partial charge in [-0.3, -0.25) is 14.5 Å². The van der Waals surface area contributed by atoms with Gasteiger partial charge < -0.3 is 14.8 Å². The van der Waals surface area contributed by atoms with Crippen LogP contribution in [0.4, 0.5) is 4.79 Å². The second kappa shape index (κ2) is 6.22. The number of imidazole rings is 1. The van der Waals surface area contributed by atoms with Gasteiger partial charge in [0.25, 0.3) is 11.8 Å². The first kappa shape index (κ1) is 17.3. The van der Waals surface area contributed by atoms with Gasteiger partial charge in [0.05, 0.1) is 0 Å². The molecule has 0 bridgehead atoms. The first-order valence-electron chi connectivity index (χ1n) is 8.89. The molecule has 0 saturated carbocycles. The first-order chi connectivity index (χ1) is 12.9. The van der Waals surface area contributed by atoms with Crippen LogP contribution in [0.1, 0.15) is 23.2 Å². The Labute approximate surface area is 156 Å². The molecule has 2 saturated heterocycles. The van der Waals surface area contributed by atoms with Crippen LogP contribution in [0.3, 0.4) is 0 Å². The van der Waals surface area contributed by atoms with Crippen LogP contribution >= 0.6 is 0 Å². The van der Waals surface area contributed by atoms with Crippen LogP contribution in [-0.4, -0.2) is 75.2 Å². The van der Waals surface area contributed by atoms with Crippen molar-refractivity contribution in [1.82, 2.24) is 24.7 Å². The number of aromatic nitrogens is 2. The summed E-state index contributed by atoms with van der Waals surface area (Å²) in [5, 5.41) is 0. The fourth-order valence-corrected chi connectivity index (χ4v) is 3.98. The maximum atomic E-state index is 12.9. The predicted octanol–water partition coefficient (Wildman–Crippen LogP) is 1.58. The number of imide groups is 1. The summed E-state index contributed by atoms with van der Waals surface area (Å²) in [6.45, 7) is 0.863. The van der Waals surface area contributed by atoms with Gasteiger partial charge in [0.1, 0.15) is 11.4 Å². The van der Waals surface area contributed by atoms with Crippen molar-refractivity contribution in [3.8, 4) is 11.4 Å². The van der Waals surface area contributed by atoms with Crippen LogP contribution in [-0.2, 0) is 4.79 Å². The fourth-order valence-electron chi connectivity index (χ4n) is 3.98. The van der Waals surface area contributed by atoms with Crippen molar-refractivity contribution in [2.45, 2.75) is 18.4 Å². The molecule has 2 aliphatic heterocycles. The van der Waals surface area contributed by atoms with E-state index in [1.165, 1.54) is 16.8 Å². The maximum absolute atomic E-state index is 12.9. The van der Waals surface area contributed by atoms with E-state index in [-0.39, 0.29) is 17.8 Å². The molecule has 2 aliphatic rings. The van der Waals surface area contributed by atoms with Crippen molar-refractivity contribution in [2.24, 2.45) is 0 Å². The molecule has 2 fully saturated rings. The largest absolute Gasteiger partial charge is 0.345 e. The Bertz CT molecular complexity index is 900. The quantitative estimate of drug-likeness (QED) is 0.816. The van der Waals surface area contributed by atoms with Gasteiger partial charge in [0.15, 0.2) is 0 Å². The van der Waals surface area contributed by atoms with Crippen LogP contribution in [0.15, 0.2) is 36.7 Å². The van der Waals surface area contributed by atoms with Gasteiger partial charge in [-0.15, -0.1) is 0 Å². The Kier molecular flexibility index (Phi) is 3.98. The van der Waals surface area contributed by atoms with E-state index in [0.29, 0.717) is 37.3 Å². The molecular weight excluding hydrogens is 346 g/mol. The van der Waals surface area contributed by atoms with Crippen molar-refractivity contribution in [3.05, 3.63) is 42.2 Å². The third-order valence-electron chi connectivity index (χ3n) is 5.68. The van der Waals surface area contributed by atoms with Crippen LogP contribution in [0.25, 0.3) is 11.4 Å². The van der Waals surface area contributed by atoms with Crippen molar-refractivity contribution >= 4 is 17.8 Å². The molecule has 1 spiro atoms. The molecule has 1 N–H and O–H groups in total. The molecule has 0 aliphatic carbocycles. The van der Waals surface area contributed by atoms with E-state index >= 15 is 0 Å². The molecule has 4 amide bonds. The number of likely N-dealkylation sites (tertiary alicyclic amines) is 1. The number of amides is 4. The number of hydrogen-bond acceptors (Lipinski definition) is 4. The Morgan fingerprint density at radius 3 is 2.52 bits per heavy atom. The second-order valence-corrected chi connectivity index (χ2v) is 7.05. The van der Waals surface area contributed by atoms with Crippen molar-refractivity contribution in [1.29, 1.82) is 0 Å². The van der Waals surface area contributed by atoms with Gasteiger partial charge in [-0.05, 0) is 25.0 Å². The van der Waals surface area contributed by atoms with Crippen LogP contribution < -0.4 is 0 Å². The fraction of sp³-hybridized carbons (Fsp3) is 0.368. The highest BCUT2D eigenvalue weighted by Crippen LogP contribution is 2.35. The number of aromatic amines is 1. The van der Waals surface area contributed by atoms with Gasteiger partial charge in [-0.2, -0.15) is 0 Å². The lowest BCUT2D eigenvalue weighted by Gasteiger charge is -2.40. The molecule has 140 valence electrons. The number of piperidine rings is 1. The van der Waals surface area contributed by atoms with E-state index in [1.807, 2.05) is 18.2 Å². The topological polar surface area (TPSA) is 89.6 Å². The summed E-state index contributed by atoms with van der Waals surface area (Å²) in [6, 6.07) is 7.04. The molecular formula is C19H21N5O3.